The summed E-state index contributed by atoms with van der Waals surface area (Å²) in [4.78, 5) is 43.3. The maximum absolute atomic E-state index is 14.6. The Labute approximate surface area is 284 Å². The van der Waals surface area contributed by atoms with Crippen molar-refractivity contribution in [1.29, 1.82) is 0 Å². The second-order valence-electron chi connectivity index (χ2n) is 19.3. The average molecular weight is 653 g/mol. The van der Waals surface area contributed by atoms with Crippen molar-refractivity contribution in [2.75, 3.05) is 13.1 Å². The molecule has 2 N–H and O–H groups in total. The quantitative estimate of drug-likeness (QED) is 0.323. The van der Waals surface area contributed by atoms with Crippen molar-refractivity contribution < 1.29 is 24.2 Å². The minimum absolute atomic E-state index is 0.00700. The van der Waals surface area contributed by atoms with Crippen LogP contribution in [-0.4, -0.2) is 58.6 Å². The van der Waals surface area contributed by atoms with Gasteiger partial charge in [0, 0.05) is 19.5 Å². The first kappa shape index (κ1) is 35.0. The number of aliphatic hydroxyl groups is 1. The van der Waals surface area contributed by atoms with Crippen molar-refractivity contribution in [1.82, 2.24) is 10.2 Å². The molecular weight excluding hydrogens is 588 g/mol. The van der Waals surface area contributed by atoms with Crippen LogP contribution in [0, 0.1) is 50.7 Å². The number of ether oxygens (including phenoxy) is 1. The zero-order chi connectivity index (χ0) is 34.5. The molecular formula is C40H64N2O5. The van der Waals surface area contributed by atoms with Crippen LogP contribution in [0.15, 0.2) is 11.1 Å². The van der Waals surface area contributed by atoms with Gasteiger partial charge in [-0.25, -0.2) is 4.79 Å². The van der Waals surface area contributed by atoms with Crippen molar-refractivity contribution in [3.63, 3.8) is 0 Å². The van der Waals surface area contributed by atoms with Crippen molar-refractivity contribution in [3.8, 4) is 0 Å². The monoisotopic (exact) mass is 652 g/mol. The van der Waals surface area contributed by atoms with E-state index in [1.807, 2.05) is 20.8 Å². The van der Waals surface area contributed by atoms with Gasteiger partial charge in [0.2, 0.25) is 5.91 Å². The first-order valence-electron chi connectivity index (χ1n) is 19.0. The smallest absolute Gasteiger partial charge is 0.410 e. The Hall–Kier alpha value is -1.89. The highest BCUT2D eigenvalue weighted by Gasteiger charge is 2.70. The maximum Gasteiger partial charge on any atom is 0.410 e. The molecule has 1 saturated heterocycles. The lowest BCUT2D eigenvalue weighted by Crippen LogP contribution is -2.66. The fraction of sp³-hybridized carbons (Fsp3) is 0.875. The molecule has 0 spiro atoms. The summed E-state index contributed by atoms with van der Waals surface area (Å²) >= 11 is 0. The van der Waals surface area contributed by atoms with Crippen molar-refractivity contribution in [2.45, 2.75) is 158 Å². The molecule has 1 aliphatic heterocycles. The predicted molar refractivity (Wildman–Crippen MR) is 184 cm³/mol. The van der Waals surface area contributed by atoms with Crippen molar-refractivity contribution >= 4 is 17.8 Å². The summed E-state index contributed by atoms with van der Waals surface area (Å²) in [7, 11) is 0. The van der Waals surface area contributed by atoms with Gasteiger partial charge in [-0.1, -0.05) is 48.5 Å². The molecule has 0 bridgehead atoms. The third kappa shape index (κ3) is 5.08. The fourth-order valence-corrected chi connectivity index (χ4v) is 12.9. The Balaban J connectivity index is 1.30. The lowest BCUT2D eigenvalue weighted by Gasteiger charge is -2.72. The number of allylic oxidation sites excluding steroid dienone is 1. The van der Waals surface area contributed by atoms with Gasteiger partial charge in [-0.15, -0.1) is 0 Å². The van der Waals surface area contributed by atoms with Crippen LogP contribution in [0.3, 0.4) is 0 Å². The van der Waals surface area contributed by atoms with Gasteiger partial charge in [-0.05, 0) is 141 Å². The molecule has 1 heterocycles. The Bertz CT molecular complexity index is 1340. The number of ketones is 1. The summed E-state index contributed by atoms with van der Waals surface area (Å²) < 4.78 is 5.69. The van der Waals surface area contributed by atoms with E-state index in [-0.39, 0.29) is 69.8 Å². The Morgan fingerprint density at radius 1 is 0.936 bits per heavy atom. The van der Waals surface area contributed by atoms with Crippen molar-refractivity contribution in [3.05, 3.63) is 11.1 Å². The van der Waals surface area contributed by atoms with Crippen LogP contribution in [0.4, 0.5) is 4.79 Å². The Kier molecular flexibility index (Phi) is 8.42. The predicted octanol–water partition coefficient (Wildman–Crippen LogP) is 7.84. The first-order chi connectivity index (χ1) is 21.7. The number of likely N-dealkylation sites (tertiary alicyclic amines) is 1. The third-order valence-electron chi connectivity index (χ3n) is 15.3. The van der Waals surface area contributed by atoms with Crippen LogP contribution in [0.25, 0.3) is 0 Å². The molecule has 0 aromatic heterocycles. The maximum atomic E-state index is 14.6. The fourth-order valence-electron chi connectivity index (χ4n) is 12.9. The summed E-state index contributed by atoms with van der Waals surface area (Å²) in [6.07, 6.45) is 9.45. The van der Waals surface area contributed by atoms with E-state index in [9.17, 15) is 19.5 Å². The second-order valence-corrected chi connectivity index (χ2v) is 19.3. The van der Waals surface area contributed by atoms with Gasteiger partial charge >= 0.3 is 6.09 Å². The van der Waals surface area contributed by atoms with E-state index >= 15 is 0 Å². The number of nitrogens with zero attached hydrogens (tertiary/aromatic N) is 1. The van der Waals surface area contributed by atoms with Gasteiger partial charge in [0.05, 0.1) is 17.6 Å². The largest absolute Gasteiger partial charge is 0.444 e. The summed E-state index contributed by atoms with van der Waals surface area (Å²) in [5.41, 5.74) is 0.916. The van der Waals surface area contributed by atoms with Gasteiger partial charge in [-0.3, -0.25) is 9.59 Å². The van der Waals surface area contributed by atoms with E-state index in [1.54, 1.807) is 4.90 Å². The van der Waals surface area contributed by atoms with Crippen LogP contribution >= 0.6 is 0 Å². The molecule has 5 fully saturated rings. The Morgan fingerprint density at radius 2 is 1.64 bits per heavy atom. The molecule has 7 nitrogen and oxygen atoms in total. The van der Waals surface area contributed by atoms with Gasteiger partial charge < -0.3 is 20.1 Å². The van der Waals surface area contributed by atoms with E-state index in [4.69, 9.17) is 4.74 Å². The highest BCUT2D eigenvalue weighted by Crippen LogP contribution is 2.76. The van der Waals surface area contributed by atoms with Crippen LogP contribution in [0.2, 0.25) is 0 Å². The zero-order valence-electron chi connectivity index (χ0n) is 31.2. The number of aliphatic hydroxyl groups excluding tert-OH is 1. The Morgan fingerprint density at radius 3 is 2.30 bits per heavy atom. The van der Waals surface area contributed by atoms with Gasteiger partial charge in [0.15, 0.2) is 5.78 Å². The molecule has 0 radical (unpaired) electrons. The van der Waals surface area contributed by atoms with E-state index in [0.29, 0.717) is 31.3 Å². The minimum Gasteiger partial charge on any atom is -0.444 e. The van der Waals surface area contributed by atoms with Crippen LogP contribution < -0.4 is 5.32 Å². The molecule has 6 aliphatic rings. The van der Waals surface area contributed by atoms with Crippen LogP contribution in [-0.2, 0) is 14.3 Å². The first-order valence-corrected chi connectivity index (χ1v) is 19.0. The molecule has 9 atom stereocenters. The highest BCUT2D eigenvalue weighted by molar-refractivity contribution is 6.07. The average Bonchev–Trinajstić information content (AvgIpc) is 3.56. The van der Waals surface area contributed by atoms with Crippen LogP contribution in [0.5, 0.6) is 0 Å². The third-order valence-corrected chi connectivity index (χ3v) is 15.3. The van der Waals surface area contributed by atoms with E-state index in [0.717, 1.165) is 63.4 Å². The summed E-state index contributed by atoms with van der Waals surface area (Å²) in [5, 5.41) is 14.4. The number of carbonyl (C=O) groups is 3. The second kappa shape index (κ2) is 11.3. The molecule has 264 valence electrons. The number of hydrogen-bond acceptors (Lipinski definition) is 5. The number of nitrogens with one attached hydrogen (secondary N) is 1. The lowest BCUT2D eigenvalue weighted by molar-refractivity contribution is -0.228. The molecule has 7 heteroatoms. The minimum atomic E-state index is -0.794. The van der Waals surface area contributed by atoms with Crippen molar-refractivity contribution in [2.24, 2.45) is 50.7 Å². The summed E-state index contributed by atoms with van der Waals surface area (Å²) in [5.74, 6) is 1.49. The van der Waals surface area contributed by atoms with Gasteiger partial charge in [0.1, 0.15) is 5.60 Å². The SMILES string of the molecule is CC(C)C1=C2C3CCC4[C@@]5(C)CC[C@H](O)C(C)(C)C5CC[C@@]4(C)[C@]3(C)CC[C@@]2(C(=O)NC[C@H]2CCCN2C(=O)OC(C)(C)C)CC1=O. The molecule has 6 rings (SSSR count). The normalized spacial score (nSPS) is 42.9. The molecule has 0 aromatic carbocycles. The molecule has 3 unspecified atom stereocenters. The highest BCUT2D eigenvalue weighted by atomic mass is 16.6. The molecule has 47 heavy (non-hydrogen) atoms. The number of Topliss-reactive ketones (excluding diaryl/α,β-unsaturated/α-hetero) is 1. The summed E-state index contributed by atoms with van der Waals surface area (Å²) in [6, 6.07) is -0.100. The van der Waals surface area contributed by atoms with E-state index < -0.39 is 11.0 Å². The number of fused-ring (bicyclic) bond motifs is 7. The van der Waals surface area contributed by atoms with Gasteiger partial charge in [-0.2, -0.15) is 0 Å². The lowest BCUT2D eigenvalue weighted by atomic mass is 9.33. The van der Waals surface area contributed by atoms with Crippen LogP contribution in [0.1, 0.15) is 140 Å². The molecule has 5 aliphatic carbocycles. The molecule has 0 aromatic rings. The molecule has 2 amide bonds. The number of rotatable bonds is 4. The topological polar surface area (TPSA) is 95.9 Å². The number of hydrogen-bond donors (Lipinski definition) is 2. The van der Waals surface area contributed by atoms with E-state index in [1.165, 1.54) is 5.57 Å². The standard InChI is InChI=1S/C40H64N2O5/c1-24(2)31-27(43)22-40(33(45)41-23-25-12-11-21-42(25)34(46)47-35(3,4)5)20-19-38(9)26(32(31)40)13-14-29-37(8)17-16-30(44)36(6,7)28(37)15-18-39(29,38)10/h24-26,28-30,44H,11-23H2,1-10H3,(H,41,45)/t25-,26?,28?,29?,30+,37+,38-,39-,40-/m1/s1. The van der Waals surface area contributed by atoms with E-state index in [2.05, 4.69) is 53.8 Å². The zero-order valence-corrected chi connectivity index (χ0v) is 31.2. The number of carbonyl (C=O) groups excluding carboxylic acids is 3. The number of amides is 2. The summed E-state index contributed by atoms with van der Waals surface area (Å²) in [6.45, 7) is 23.1. The van der Waals surface area contributed by atoms with Gasteiger partial charge in [0.25, 0.3) is 0 Å². The molecule has 4 saturated carbocycles.